The number of thiophene rings is 1. The van der Waals surface area contributed by atoms with Gasteiger partial charge in [-0.2, -0.15) is 0 Å². The number of fused-ring (bicyclic) bond motifs is 2. The maximum atomic E-state index is 4.68. The summed E-state index contributed by atoms with van der Waals surface area (Å²) in [4.78, 5) is 9.85. The molecule has 2 aliphatic heterocycles. The molecule has 2 aromatic rings. The van der Waals surface area contributed by atoms with Gasteiger partial charge in [-0.3, -0.25) is 4.90 Å². The molecule has 5 heteroatoms. The molecule has 0 aliphatic carbocycles. The Morgan fingerprint density at radius 2 is 2.20 bits per heavy atom. The van der Waals surface area contributed by atoms with E-state index in [-0.39, 0.29) is 0 Å². The fourth-order valence-electron chi connectivity index (χ4n) is 3.49. The lowest BCUT2D eigenvalue weighted by Gasteiger charge is -2.44. The van der Waals surface area contributed by atoms with Crippen molar-refractivity contribution in [3.8, 4) is 0 Å². The lowest BCUT2D eigenvalue weighted by atomic mass is 9.99. The van der Waals surface area contributed by atoms with Gasteiger partial charge in [0.2, 0.25) is 0 Å². The molecule has 4 rings (SSSR count). The van der Waals surface area contributed by atoms with Gasteiger partial charge in [0.25, 0.3) is 0 Å². The lowest BCUT2D eigenvalue weighted by molar-refractivity contribution is 0.133. The Hall–Kier alpha value is -0.650. The monoisotopic (exact) mass is 351 g/mol. The van der Waals surface area contributed by atoms with Crippen LogP contribution in [0.5, 0.6) is 0 Å². The molecule has 2 saturated heterocycles. The molecule has 0 N–H and O–H groups in total. The molecule has 0 unspecified atom stereocenters. The van der Waals surface area contributed by atoms with Crippen LogP contribution < -0.4 is 4.90 Å². The second-order valence-corrected chi connectivity index (χ2v) is 8.17. The van der Waals surface area contributed by atoms with Crippen molar-refractivity contribution in [3.63, 3.8) is 0 Å². The molecule has 0 saturated carbocycles. The Morgan fingerprint density at radius 3 is 3.15 bits per heavy atom. The van der Waals surface area contributed by atoms with Crippen molar-refractivity contribution >= 4 is 43.2 Å². The van der Waals surface area contributed by atoms with E-state index in [2.05, 4.69) is 42.8 Å². The first-order valence-electron chi connectivity index (χ1n) is 7.34. The molecule has 0 radical (unpaired) electrons. The predicted molar refractivity (Wildman–Crippen MR) is 88.7 cm³/mol. The molecule has 0 bridgehead atoms. The second kappa shape index (κ2) is 5.28. The number of hydrogen-bond donors (Lipinski definition) is 0. The Kier molecular flexibility index (Phi) is 3.44. The first kappa shape index (κ1) is 13.0. The van der Waals surface area contributed by atoms with Gasteiger partial charge in [-0.15, -0.1) is 11.3 Å². The lowest BCUT2D eigenvalue weighted by Crippen LogP contribution is -2.55. The minimum absolute atomic E-state index is 0.734. The molecule has 20 heavy (non-hydrogen) atoms. The van der Waals surface area contributed by atoms with E-state index in [9.17, 15) is 0 Å². The fraction of sp³-hybridized carbons (Fsp3) is 0.533. The van der Waals surface area contributed by atoms with Crippen LogP contribution in [0.2, 0.25) is 0 Å². The number of rotatable bonds is 1. The largest absolute Gasteiger partial charge is 0.353 e. The standard InChI is InChI=1S/C15H18BrN3S/c16-13-9-11-4-5-17-15(14(11)20-13)19-8-7-18-6-2-1-3-12(18)10-19/h4-5,9,12H,1-3,6-8,10H2/t12-/m0/s1. The maximum Gasteiger partial charge on any atom is 0.146 e. The maximum absolute atomic E-state index is 4.68. The van der Waals surface area contributed by atoms with Crippen LogP contribution in [0.15, 0.2) is 22.1 Å². The van der Waals surface area contributed by atoms with Crippen LogP contribution in [0.4, 0.5) is 5.82 Å². The zero-order chi connectivity index (χ0) is 13.5. The van der Waals surface area contributed by atoms with E-state index in [0.717, 1.165) is 19.1 Å². The van der Waals surface area contributed by atoms with E-state index in [1.807, 2.05) is 6.20 Å². The highest BCUT2D eigenvalue weighted by Gasteiger charge is 2.30. The quantitative estimate of drug-likeness (QED) is 0.780. The Bertz CT molecular complexity index is 627. The van der Waals surface area contributed by atoms with Crippen LogP contribution in [-0.2, 0) is 0 Å². The number of anilines is 1. The van der Waals surface area contributed by atoms with Crippen molar-refractivity contribution in [2.24, 2.45) is 0 Å². The molecule has 0 amide bonds. The van der Waals surface area contributed by atoms with Crippen molar-refractivity contribution in [2.75, 3.05) is 31.1 Å². The molecular formula is C15H18BrN3S. The zero-order valence-corrected chi connectivity index (χ0v) is 13.8. The number of halogens is 1. The highest BCUT2D eigenvalue weighted by atomic mass is 79.9. The summed E-state index contributed by atoms with van der Waals surface area (Å²) in [5.41, 5.74) is 0. The summed E-state index contributed by atoms with van der Waals surface area (Å²) in [6.45, 7) is 4.73. The molecule has 3 nitrogen and oxygen atoms in total. The van der Waals surface area contributed by atoms with Gasteiger partial charge in [-0.1, -0.05) is 6.42 Å². The zero-order valence-electron chi connectivity index (χ0n) is 11.4. The van der Waals surface area contributed by atoms with Gasteiger partial charge in [-0.25, -0.2) is 4.98 Å². The Labute approximate surface area is 131 Å². The van der Waals surface area contributed by atoms with Crippen LogP contribution in [0.1, 0.15) is 19.3 Å². The fourth-order valence-corrected chi connectivity index (χ4v) is 5.12. The van der Waals surface area contributed by atoms with Crippen molar-refractivity contribution in [2.45, 2.75) is 25.3 Å². The third-order valence-corrected chi connectivity index (χ3v) is 6.17. The van der Waals surface area contributed by atoms with Gasteiger partial charge >= 0.3 is 0 Å². The molecule has 0 aromatic carbocycles. The van der Waals surface area contributed by atoms with E-state index < -0.39 is 0 Å². The summed E-state index contributed by atoms with van der Waals surface area (Å²) >= 11 is 5.40. The molecule has 2 aromatic heterocycles. The summed E-state index contributed by atoms with van der Waals surface area (Å²) in [5.74, 6) is 1.18. The van der Waals surface area contributed by atoms with Crippen LogP contribution in [-0.4, -0.2) is 42.1 Å². The Balaban J connectivity index is 1.66. The van der Waals surface area contributed by atoms with Gasteiger partial charge < -0.3 is 4.90 Å². The van der Waals surface area contributed by atoms with Gasteiger partial charge in [0.05, 0.1) is 8.49 Å². The first-order chi connectivity index (χ1) is 9.81. The van der Waals surface area contributed by atoms with Crippen molar-refractivity contribution < 1.29 is 0 Å². The van der Waals surface area contributed by atoms with Gasteiger partial charge in [0.15, 0.2) is 0 Å². The SMILES string of the molecule is Brc1cc2ccnc(N3CCN4CCCC[C@H]4C3)c2s1. The molecule has 4 heterocycles. The van der Waals surface area contributed by atoms with Crippen LogP contribution >= 0.6 is 27.3 Å². The normalized spacial score (nSPS) is 24.1. The van der Waals surface area contributed by atoms with Gasteiger partial charge in [-0.05, 0) is 52.8 Å². The van der Waals surface area contributed by atoms with E-state index in [1.54, 1.807) is 11.3 Å². The average Bonchev–Trinajstić information content (AvgIpc) is 2.86. The van der Waals surface area contributed by atoms with E-state index in [4.69, 9.17) is 0 Å². The van der Waals surface area contributed by atoms with Crippen molar-refractivity contribution in [1.82, 2.24) is 9.88 Å². The smallest absolute Gasteiger partial charge is 0.146 e. The topological polar surface area (TPSA) is 19.4 Å². The third-order valence-electron chi connectivity index (χ3n) is 4.52. The number of piperazine rings is 1. The molecule has 2 aliphatic rings. The number of aromatic nitrogens is 1. The number of hydrogen-bond acceptors (Lipinski definition) is 4. The Morgan fingerprint density at radius 1 is 1.25 bits per heavy atom. The first-order valence-corrected chi connectivity index (χ1v) is 8.95. The minimum Gasteiger partial charge on any atom is -0.353 e. The number of piperidine rings is 1. The summed E-state index contributed by atoms with van der Waals surface area (Å²) in [6.07, 6.45) is 6.06. The van der Waals surface area contributed by atoms with Crippen LogP contribution in [0, 0.1) is 0 Å². The van der Waals surface area contributed by atoms with Crippen LogP contribution in [0.25, 0.3) is 10.1 Å². The summed E-state index contributed by atoms with van der Waals surface area (Å²) < 4.78 is 2.52. The third kappa shape index (κ3) is 2.26. The van der Waals surface area contributed by atoms with Crippen molar-refractivity contribution in [1.29, 1.82) is 0 Å². The molecule has 106 valence electrons. The molecule has 1 atom stereocenters. The summed E-state index contributed by atoms with van der Waals surface area (Å²) in [7, 11) is 0. The predicted octanol–water partition coefficient (Wildman–Crippen LogP) is 3.73. The van der Waals surface area contributed by atoms with Crippen molar-refractivity contribution in [3.05, 3.63) is 22.1 Å². The summed E-state index contributed by atoms with van der Waals surface area (Å²) in [5, 5.41) is 1.30. The molecule has 0 spiro atoms. The average molecular weight is 352 g/mol. The molecule has 2 fully saturated rings. The highest BCUT2D eigenvalue weighted by Crippen LogP contribution is 2.36. The minimum atomic E-state index is 0.734. The number of pyridine rings is 1. The van der Waals surface area contributed by atoms with Gasteiger partial charge in [0.1, 0.15) is 5.82 Å². The molecular weight excluding hydrogens is 334 g/mol. The highest BCUT2D eigenvalue weighted by molar-refractivity contribution is 9.11. The summed E-state index contributed by atoms with van der Waals surface area (Å²) in [6, 6.07) is 5.04. The number of nitrogens with zero attached hydrogens (tertiary/aromatic N) is 3. The van der Waals surface area contributed by atoms with Crippen LogP contribution in [0.3, 0.4) is 0 Å². The second-order valence-electron chi connectivity index (χ2n) is 5.74. The van der Waals surface area contributed by atoms with E-state index in [1.165, 1.54) is 52.0 Å². The van der Waals surface area contributed by atoms with E-state index in [0.29, 0.717) is 0 Å². The van der Waals surface area contributed by atoms with Gasteiger partial charge in [0, 0.05) is 31.9 Å². The van der Waals surface area contributed by atoms with E-state index >= 15 is 0 Å².